The van der Waals surface area contributed by atoms with Crippen LogP contribution in [0.5, 0.6) is 0 Å². The minimum Gasteiger partial charge on any atom is -0.366 e. The van der Waals surface area contributed by atoms with Gasteiger partial charge in [0.1, 0.15) is 5.82 Å². The number of hydrogen-bond acceptors (Lipinski definition) is 2. The average Bonchev–Trinajstić information content (AvgIpc) is 2.20. The maximum atomic E-state index is 13.0. The first-order valence-electron chi connectivity index (χ1n) is 4.10. The van der Waals surface area contributed by atoms with Crippen LogP contribution in [0.25, 0.3) is 0 Å². The fraction of sp³-hybridized carbons (Fsp3) is 0.111. The van der Waals surface area contributed by atoms with Crippen molar-refractivity contribution in [1.82, 2.24) is 0 Å². The Hall–Kier alpha value is -2.05. The molecule has 0 radical (unpaired) electrons. The van der Waals surface area contributed by atoms with Gasteiger partial charge in [-0.3, -0.25) is 9.59 Å². The molecule has 3 N–H and O–H groups in total. The maximum absolute atomic E-state index is 13.0. The number of nitrogens with two attached hydrogens (primary N) is 1. The van der Waals surface area contributed by atoms with E-state index in [1.54, 1.807) is 5.32 Å². The van der Waals surface area contributed by atoms with Gasteiger partial charge in [0.25, 0.3) is 5.91 Å². The SMILES string of the molecule is NC(=O)c1ccc(F)c(NC(=O)C(F)F)c1. The number of carbonyl (C=O) groups is 2. The molecule has 0 fully saturated rings. The number of benzene rings is 1. The van der Waals surface area contributed by atoms with Crippen LogP contribution >= 0.6 is 0 Å². The third-order valence-electron chi connectivity index (χ3n) is 1.71. The summed E-state index contributed by atoms with van der Waals surface area (Å²) >= 11 is 0. The highest BCUT2D eigenvalue weighted by molar-refractivity contribution is 5.97. The monoisotopic (exact) mass is 232 g/mol. The summed E-state index contributed by atoms with van der Waals surface area (Å²) in [5, 5.41) is 1.63. The average molecular weight is 232 g/mol. The van der Waals surface area contributed by atoms with Gasteiger partial charge in [-0.05, 0) is 18.2 Å². The number of primary amides is 1. The van der Waals surface area contributed by atoms with E-state index in [9.17, 15) is 22.8 Å². The van der Waals surface area contributed by atoms with Gasteiger partial charge in [-0.2, -0.15) is 8.78 Å². The highest BCUT2D eigenvalue weighted by Gasteiger charge is 2.17. The Bertz CT molecular complexity index is 435. The molecule has 0 atom stereocenters. The third-order valence-corrected chi connectivity index (χ3v) is 1.71. The third kappa shape index (κ3) is 2.72. The summed E-state index contributed by atoms with van der Waals surface area (Å²) in [5.41, 5.74) is 4.30. The molecule has 0 aliphatic heterocycles. The number of nitrogens with one attached hydrogen (secondary N) is 1. The summed E-state index contributed by atoms with van der Waals surface area (Å²) in [6.45, 7) is 0. The number of alkyl halides is 2. The van der Waals surface area contributed by atoms with Gasteiger partial charge in [0, 0.05) is 5.56 Å². The van der Waals surface area contributed by atoms with Crippen LogP contribution in [-0.4, -0.2) is 18.2 Å². The fourth-order valence-corrected chi connectivity index (χ4v) is 0.962. The second kappa shape index (κ2) is 4.65. The molecule has 4 nitrogen and oxygen atoms in total. The highest BCUT2D eigenvalue weighted by atomic mass is 19.3. The number of amides is 2. The lowest BCUT2D eigenvalue weighted by Gasteiger charge is -2.06. The molecule has 0 saturated heterocycles. The molecule has 16 heavy (non-hydrogen) atoms. The molecular weight excluding hydrogens is 225 g/mol. The van der Waals surface area contributed by atoms with E-state index in [4.69, 9.17) is 5.73 Å². The van der Waals surface area contributed by atoms with Crippen molar-refractivity contribution in [1.29, 1.82) is 0 Å². The summed E-state index contributed by atoms with van der Waals surface area (Å²) in [7, 11) is 0. The van der Waals surface area contributed by atoms with Crippen molar-refractivity contribution in [2.24, 2.45) is 5.73 Å². The molecule has 2 amide bonds. The van der Waals surface area contributed by atoms with Crippen LogP contribution in [0.3, 0.4) is 0 Å². The molecule has 0 spiro atoms. The molecule has 0 bridgehead atoms. The summed E-state index contributed by atoms with van der Waals surface area (Å²) in [6.07, 6.45) is -3.27. The minimum atomic E-state index is -3.27. The van der Waals surface area contributed by atoms with E-state index in [-0.39, 0.29) is 5.56 Å². The smallest absolute Gasteiger partial charge is 0.315 e. The summed E-state index contributed by atoms with van der Waals surface area (Å²) in [5.74, 6) is -3.44. The van der Waals surface area contributed by atoms with Gasteiger partial charge in [-0.15, -0.1) is 0 Å². The Labute approximate surface area is 88.2 Å². The lowest BCUT2D eigenvalue weighted by Crippen LogP contribution is -2.21. The zero-order chi connectivity index (χ0) is 12.3. The van der Waals surface area contributed by atoms with Gasteiger partial charge >= 0.3 is 6.43 Å². The molecular formula is C9H7F3N2O2. The quantitative estimate of drug-likeness (QED) is 0.819. The Balaban J connectivity index is 2.99. The van der Waals surface area contributed by atoms with Crippen molar-refractivity contribution >= 4 is 17.5 Å². The van der Waals surface area contributed by atoms with Crippen LogP contribution < -0.4 is 11.1 Å². The second-order valence-corrected chi connectivity index (χ2v) is 2.85. The predicted octanol–water partition coefficient (Wildman–Crippen LogP) is 1.13. The van der Waals surface area contributed by atoms with Crippen molar-refractivity contribution in [2.75, 3.05) is 5.32 Å². The fourth-order valence-electron chi connectivity index (χ4n) is 0.962. The van der Waals surface area contributed by atoms with E-state index in [0.29, 0.717) is 0 Å². The lowest BCUT2D eigenvalue weighted by molar-refractivity contribution is -0.126. The molecule has 0 aliphatic rings. The van der Waals surface area contributed by atoms with Gasteiger partial charge in [-0.25, -0.2) is 4.39 Å². The van der Waals surface area contributed by atoms with Crippen LogP contribution in [0.4, 0.5) is 18.9 Å². The van der Waals surface area contributed by atoms with E-state index < -0.39 is 29.7 Å². The van der Waals surface area contributed by atoms with Crippen molar-refractivity contribution < 1.29 is 22.8 Å². The first kappa shape index (κ1) is 12.0. The Morgan fingerprint density at radius 2 is 1.94 bits per heavy atom. The number of carbonyl (C=O) groups excluding carboxylic acids is 2. The van der Waals surface area contributed by atoms with Gasteiger partial charge < -0.3 is 11.1 Å². The summed E-state index contributed by atoms with van der Waals surface area (Å²) < 4.78 is 36.8. The standard InChI is InChI=1S/C9H7F3N2O2/c10-5-2-1-4(8(13)15)3-6(5)14-9(16)7(11)12/h1-3,7H,(H2,13,15)(H,14,16). The molecule has 0 aliphatic carbocycles. The molecule has 0 aromatic heterocycles. The lowest BCUT2D eigenvalue weighted by atomic mass is 10.2. The Morgan fingerprint density at radius 3 is 2.44 bits per heavy atom. The molecule has 1 rings (SSSR count). The predicted molar refractivity (Wildman–Crippen MR) is 49.6 cm³/mol. The van der Waals surface area contributed by atoms with Crippen LogP contribution in [0.1, 0.15) is 10.4 Å². The number of anilines is 1. The van der Waals surface area contributed by atoms with Crippen LogP contribution in [0.2, 0.25) is 0 Å². The zero-order valence-corrected chi connectivity index (χ0v) is 7.84. The number of rotatable bonds is 3. The topological polar surface area (TPSA) is 72.2 Å². The molecule has 0 saturated carbocycles. The van der Waals surface area contributed by atoms with Crippen molar-refractivity contribution in [3.8, 4) is 0 Å². The molecule has 1 aromatic rings. The van der Waals surface area contributed by atoms with E-state index in [0.717, 1.165) is 18.2 Å². The second-order valence-electron chi connectivity index (χ2n) is 2.85. The van der Waals surface area contributed by atoms with Crippen molar-refractivity contribution in [3.63, 3.8) is 0 Å². The van der Waals surface area contributed by atoms with Crippen LogP contribution in [0.15, 0.2) is 18.2 Å². The van der Waals surface area contributed by atoms with Gasteiger partial charge in [0.05, 0.1) is 5.69 Å². The maximum Gasteiger partial charge on any atom is 0.315 e. The highest BCUT2D eigenvalue weighted by Crippen LogP contribution is 2.16. The van der Waals surface area contributed by atoms with E-state index in [1.165, 1.54) is 0 Å². The van der Waals surface area contributed by atoms with E-state index in [2.05, 4.69) is 0 Å². The normalized spacial score (nSPS) is 10.2. The molecule has 0 unspecified atom stereocenters. The van der Waals surface area contributed by atoms with E-state index in [1.807, 2.05) is 0 Å². The van der Waals surface area contributed by atoms with Crippen molar-refractivity contribution in [3.05, 3.63) is 29.6 Å². The molecule has 86 valence electrons. The van der Waals surface area contributed by atoms with Gasteiger partial charge in [0.2, 0.25) is 5.91 Å². The van der Waals surface area contributed by atoms with Crippen molar-refractivity contribution in [2.45, 2.75) is 6.43 Å². The van der Waals surface area contributed by atoms with E-state index >= 15 is 0 Å². The van der Waals surface area contributed by atoms with Gasteiger partial charge in [-0.1, -0.05) is 0 Å². The molecule has 1 aromatic carbocycles. The number of halogens is 3. The molecule has 0 heterocycles. The summed E-state index contributed by atoms with van der Waals surface area (Å²) in [4.78, 5) is 21.3. The Kier molecular flexibility index (Phi) is 3.49. The summed E-state index contributed by atoms with van der Waals surface area (Å²) in [6, 6.07) is 2.81. The first-order chi connectivity index (χ1) is 7.41. The molecule has 7 heteroatoms. The Morgan fingerprint density at radius 1 is 1.31 bits per heavy atom. The van der Waals surface area contributed by atoms with Gasteiger partial charge in [0.15, 0.2) is 0 Å². The minimum absolute atomic E-state index is 0.0917. The largest absolute Gasteiger partial charge is 0.366 e. The number of hydrogen-bond donors (Lipinski definition) is 2. The zero-order valence-electron chi connectivity index (χ0n) is 7.84. The van der Waals surface area contributed by atoms with Crippen LogP contribution in [-0.2, 0) is 4.79 Å². The van der Waals surface area contributed by atoms with Crippen LogP contribution in [0, 0.1) is 5.82 Å². The first-order valence-corrected chi connectivity index (χ1v) is 4.10.